The van der Waals surface area contributed by atoms with Gasteiger partial charge in [0.15, 0.2) is 0 Å². The van der Waals surface area contributed by atoms with Gasteiger partial charge < -0.3 is 5.32 Å². The van der Waals surface area contributed by atoms with E-state index in [4.69, 9.17) is 0 Å². The van der Waals surface area contributed by atoms with Gasteiger partial charge in [0.05, 0.1) is 11.9 Å². The Labute approximate surface area is 159 Å². The van der Waals surface area contributed by atoms with Gasteiger partial charge in [0.1, 0.15) is 0 Å². The maximum Gasteiger partial charge on any atom is 0.251 e. The predicted octanol–water partition coefficient (Wildman–Crippen LogP) is 4.24. The van der Waals surface area contributed by atoms with Crippen molar-refractivity contribution in [2.24, 2.45) is 5.41 Å². The Morgan fingerprint density at radius 3 is 2.52 bits per heavy atom. The lowest BCUT2D eigenvalue weighted by molar-refractivity contribution is 0.0948. The van der Waals surface area contributed by atoms with E-state index in [9.17, 15) is 4.79 Å². The van der Waals surface area contributed by atoms with Gasteiger partial charge in [-0.1, -0.05) is 56.3 Å². The standard InChI is InChI=1S/C23H23N3O/c1-22(2)15-23(22,19-9-4-3-5-10-19)16-26-21(27)18-8-6-7-17(13-18)20-14-24-11-12-25-20/h3-14H,15-16H2,1-2H3,(H,26,27)/t23-/m0/s1. The van der Waals surface area contributed by atoms with E-state index in [1.807, 2.05) is 30.3 Å². The van der Waals surface area contributed by atoms with Gasteiger partial charge in [-0.3, -0.25) is 14.8 Å². The van der Waals surface area contributed by atoms with Crippen molar-refractivity contribution < 1.29 is 4.79 Å². The monoisotopic (exact) mass is 357 g/mol. The van der Waals surface area contributed by atoms with E-state index in [1.54, 1.807) is 18.6 Å². The lowest BCUT2D eigenvalue weighted by atomic mass is 9.87. The molecule has 0 spiro atoms. The highest BCUT2D eigenvalue weighted by atomic mass is 16.1. The van der Waals surface area contributed by atoms with E-state index in [1.165, 1.54) is 5.56 Å². The molecule has 136 valence electrons. The smallest absolute Gasteiger partial charge is 0.251 e. The summed E-state index contributed by atoms with van der Waals surface area (Å²) in [7, 11) is 0. The van der Waals surface area contributed by atoms with Crippen molar-refractivity contribution in [3.8, 4) is 11.3 Å². The number of amides is 1. The molecule has 4 nitrogen and oxygen atoms in total. The van der Waals surface area contributed by atoms with Crippen LogP contribution in [0.3, 0.4) is 0 Å². The first-order valence-electron chi connectivity index (χ1n) is 9.22. The highest BCUT2D eigenvalue weighted by molar-refractivity contribution is 5.95. The van der Waals surface area contributed by atoms with Gasteiger partial charge >= 0.3 is 0 Å². The molecule has 0 aliphatic heterocycles. The van der Waals surface area contributed by atoms with Gasteiger partial charge in [-0.25, -0.2) is 0 Å². The van der Waals surface area contributed by atoms with Crippen LogP contribution in [0.1, 0.15) is 36.2 Å². The summed E-state index contributed by atoms with van der Waals surface area (Å²) >= 11 is 0. The van der Waals surface area contributed by atoms with E-state index < -0.39 is 0 Å². The van der Waals surface area contributed by atoms with Gasteiger partial charge in [0, 0.05) is 35.5 Å². The molecule has 4 heteroatoms. The van der Waals surface area contributed by atoms with Crippen LogP contribution in [-0.4, -0.2) is 22.4 Å². The third kappa shape index (κ3) is 3.23. The highest BCUT2D eigenvalue weighted by Gasteiger charge is 2.61. The largest absolute Gasteiger partial charge is 0.351 e. The molecule has 1 N–H and O–H groups in total. The first-order valence-corrected chi connectivity index (χ1v) is 9.22. The Bertz CT molecular complexity index is 954. The molecule has 4 rings (SSSR count). The Kier molecular flexibility index (Phi) is 4.27. The van der Waals surface area contributed by atoms with Crippen LogP contribution in [0.2, 0.25) is 0 Å². The average molecular weight is 357 g/mol. The van der Waals surface area contributed by atoms with Gasteiger partial charge in [0.25, 0.3) is 5.91 Å². The van der Waals surface area contributed by atoms with E-state index in [0.29, 0.717) is 12.1 Å². The molecule has 0 radical (unpaired) electrons. The number of carbonyl (C=O) groups is 1. The number of rotatable bonds is 5. The van der Waals surface area contributed by atoms with Crippen molar-refractivity contribution in [3.63, 3.8) is 0 Å². The molecular weight excluding hydrogens is 334 g/mol. The number of nitrogens with zero attached hydrogens (tertiary/aromatic N) is 2. The van der Waals surface area contributed by atoms with Crippen molar-refractivity contribution in [1.82, 2.24) is 15.3 Å². The number of benzene rings is 2. The molecule has 1 aromatic heterocycles. The van der Waals surface area contributed by atoms with E-state index in [0.717, 1.165) is 17.7 Å². The molecule has 0 unspecified atom stereocenters. The zero-order valence-electron chi connectivity index (χ0n) is 15.6. The van der Waals surface area contributed by atoms with Crippen LogP contribution < -0.4 is 5.32 Å². The molecule has 3 aromatic rings. The van der Waals surface area contributed by atoms with Crippen molar-refractivity contribution >= 4 is 5.91 Å². The van der Waals surface area contributed by atoms with Gasteiger partial charge in [-0.05, 0) is 29.5 Å². The van der Waals surface area contributed by atoms with Crippen LogP contribution in [0.5, 0.6) is 0 Å². The van der Waals surface area contributed by atoms with Crippen molar-refractivity contribution in [1.29, 1.82) is 0 Å². The fourth-order valence-corrected chi connectivity index (χ4v) is 3.97. The van der Waals surface area contributed by atoms with Crippen molar-refractivity contribution in [2.75, 3.05) is 6.54 Å². The first kappa shape index (κ1) is 17.4. The molecular formula is C23H23N3O. The number of hydrogen-bond donors (Lipinski definition) is 1. The zero-order chi connectivity index (χ0) is 18.9. The molecule has 0 bridgehead atoms. The lowest BCUT2D eigenvalue weighted by Crippen LogP contribution is -2.34. The van der Waals surface area contributed by atoms with Crippen LogP contribution >= 0.6 is 0 Å². The summed E-state index contributed by atoms with van der Waals surface area (Å²) in [6, 6.07) is 18.0. The zero-order valence-corrected chi connectivity index (χ0v) is 15.6. The fourth-order valence-electron chi connectivity index (χ4n) is 3.97. The Morgan fingerprint density at radius 2 is 1.85 bits per heavy atom. The second-order valence-electron chi connectivity index (χ2n) is 7.86. The topological polar surface area (TPSA) is 54.9 Å². The predicted molar refractivity (Wildman–Crippen MR) is 106 cm³/mol. The van der Waals surface area contributed by atoms with Gasteiger partial charge in [-0.15, -0.1) is 0 Å². The van der Waals surface area contributed by atoms with Crippen LogP contribution in [0.25, 0.3) is 11.3 Å². The Balaban J connectivity index is 1.52. The number of hydrogen-bond acceptors (Lipinski definition) is 3. The van der Waals surface area contributed by atoms with E-state index in [-0.39, 0.29) is 16.7 Å². The normalized spacial score (nSPS) is 20.1. The minimum atomic E-state index is -0.0567. The minimum Gasteiger partial charge on any atom is -0.351 e. The van der Waals surface area contributed by atoms with Crippen LogP contribution in [0.4, 0.5) is 0 Å². The van der Waals surface area contributed by atoms with Gasteiger partial charge in [0.2, 0.25) is 0 Å². The molecule has 1 atom stereocenters. The Hall–Kier alpha value is -3.01. The van der Waals surface area contributed by atoms with Crippen LogP contribution in [0, 0.1) is 5.41 Å². The summed E-state index contributed by atoms with van der Waals surface area (Å²) in [4.78, 5) is 21.2. The summed E-state index contributed by atoms with van der Waals surface area (Å²) in [6.07, 6.45) is 6.07. The van der Waals surface area contributed by atoms with Crippen LogP contribution in [-0.2, 0) is 5.41 Å². The quantitative estimate of drug-likeness (QED) is 0.743. The van der Waals surface area contributed by atoms with E-state index in [2.05, 4.69) is 53.4 Å². The summed E-state index contributed by atoms with van der Waals surface area (Å²) < 4.78 is 0. The summed E-state index contributed by atoms with van der Waals surface area (Å²) in [5, 5.41) is 3.16. The summed E-state index contributed by atoms with van der Waals surface area (Å²) in [5.74, 6) is -0.0567. The lowest BCUT2D eigenvalue weighted by Gasteiger charge is -2.22. The molecule has 27 heavy (non-hydrogen) atoms. The highest BCUT2D eigenvalue weighted by Crippen LogP contribution is 2.63. The molecule has 1 aliphatic rings. The van der Waals surface area contributed by atoms with Gasteiger partial charge in [-0.2, -0.15) is 0 Å². The molecule has 1 amide bonds. The average Bonchev–Trinajstić information content (AvgIpc) is 3.29. The number of nitrogens with one attached hydrogen (secondary N) is 1. The fraction of sp³-hybridized carbons (Fsp3) is 0.261. The second kappa shape index (κ2) is 6.62. The number of aromatic nitrogens is 2. The summed E-state index contributed by atoms with van der Waals surface area (Å²) in [6.45, 7) is 5.17. The molecule has 1 saturated carbocycles. The Morgan fingerprint density at radius 1 is 1.07 bits per heavy atom. The SMILES string of the molecule is CC1(C)C[C@]1(CNC(=O)c1cccc(-c2cnccn2)c1)c1ccccc1. The van der Waals surface area contributed by atoms with Crippen LogP contribution in [0.15, 0.2) is 73.2 Å². The maximum atomic E-state index is 12.8. The van der Waals surface area contributed by atoms with Crippen molar-refractivity contribution in [3.05, 3.63) is 84.3 Å². The first-order chi connectivity index (χ1) is 13.0. The maximum absolute atomic E-state index is 12.8. The third-order valence-electron chi connectivity index (χ3n) is 5.78. The molecule has 1 heterocycles. The molecule has 1 aliphatic carbocycles. The third-order valence-corrected chi connectivity index (χ3v) is 5.78. The minimum absolute atomic E-state index is 0.00638. The molecule has 0 saturated heterocycles. The second-order valence-corrected chi connectivity index (χ2v) is 7.86. The number of carbonyl (C=O) groups excluding carboxylic acids is 1. The van der Waals surface area contributed by atoms with E-state index >= 15 is 0 Å². The van der Waals surface area contributed by atoms with Crippen molar-refractivity contribution in [2.45, 2.75) is 25.7 Å². The molecule has 1 fully saturated rings. The molecule has 2 aromatic carbocycles. The summed E-state index contributed by atoms with van der Waals surface area (Å²) in [5.41, 5.74) is 3.77.